The van der Waals surface area contributed by atoms with Gasteiger partial charge in [0, 0.05) is 32.2 Å². The summed E-state index contributed by atoms with van der Waals surface area (Å²) in [6.45, 7) is 6.74. The number of piperazine rings is 1. The van der Waals surface area contributed by atoms with Crippen molar-refractivity contribution in [2.45, 2.75) is 25.9 Å². The average Bonchev–Trinajstić information content (AvgIpc) is 2.49. The second kappa shape index (κ2) is 7.20. The number of rotatable bonds is 4. The number of likely N-dealkylation sites (N-methyl/N-ethyl adjacent to an activating group) is 1. The number of carbonyl (C=O) groups is 1. The molecule has 0 radical (unpaired) electrons. The number of nitrogens with one attached hydrogen (secondary N) is 2. The Labute approximate surface area is 129 Å². The smallest absolute Gasteiger partial charge is 0.238 e. The van der Waals surface area contributed by atoms with Gasteiger partial charge < -0.3 is 10.6 Å². The van der Waals surface area contributed by atoms with E-state index in [9.17, 15) is 9.18 Å². The van der Waals surface area contributed by atoms with Crippen LogP contribution in [-0.4, -0.2) is 43.0 Å². The predicted octanol–water partition coefficient (Wildman–Crippen LogP) is 1.95. The number of amides is 1. The maximum absolute atomic E-state index is 13.3. The van der Waals surface area contributed by atoms with Crippen LogP contribution in [0.2, 0.25) is 5.02 Å². The Hall–Kier alpha value is -1.17. The lowest BCUT2D eigenvalue weighted by molar-refractivity contribution is -0.128. The molecule has 6 heteroatoms. The van der Waals surface area contributed by atoms with Crippen molar-refractivity contribution in [3.8, 4) is 0 Å². The molecule has 0 bridgehead atoms. The lowest BCUT2D eigenvalue weighted by Crippen LogP contribution is -2.58. The minimum atomic E-state index is -0.423. The Morgan fingerprint density at radius 2 is 2.38 bits per heavy atom. The van der Waals surface area contributed by atoms with E-state index in [4.69, 9.17) is 11.6 Å². The van der Waals surface area contributed by atoms with Gasteiger partial charge in [0.1, 0.15) is 11.9 Å². The standard InChI is InChI=1S/C15H21ClFN3O/c1-3-19-15(21)14-9-18-6-7-20(14)10(2)11-4-5-13(17)12(16)8-11/h4-5,8,10,14,18H,3,6-7,9H2,1-2H3,(H,19,21). The van der Waals surface area contributed by atoms with Crippen molar-refractivity contribution in [3.63, 3.8) is 0 Å². The van der Waals surface area contributed by atoms with E-state index in [1.807, 2.05) is 13.8 Å². The summed E-state index contributed by atoms with van der Waals surface area (Å²) in [5.74, 6) is -0.405. The quantitative estimate of drug-likeness (QED) is 0.893. The molecule has 0 saturated carbocycles. The third-order valence-electron chi connectivity index (χ3n) is 3.86. The van der Waals surface area contributed by atoms with Gasteiger partial charge in [0.2, 0.25) is 5.91 Å². The summed E-state index contributed by atoms with van der Waals surface area (Å²) < 4.78 is 13.3. The fourth-order valence-electron chi connectivity index (χ4n) is 2.68. The van der Waals surface area contributed by atoms with Crippen molar-refractivity contribution in [2.24, 2.45) is 0 Å². The van der Waals surface area contributed by atoms with E-state index in [-0.39, 0.29) is 23.0 Å². The molecule has 2 rings (SSSR count). The average molecular weight is 314 g/mol. The summed E-state index contributed by atoms with van der Waals surface area (Å²) in [4.78, 5) is 14.3. The molecule has 1 amide bonds. The fraction of sp³-hybridized carbons (Fsp3) is 0.533. The van der Waals surface area contributed by atoms with E-state index in [0.29, 0.717) is 13.1 Å². The first-order valence-electron chi connectivity index (χ1n) is 7.23. The summed E-state index contributed by atoms with van der Waals surface area (Å²) in [5, 5.41) is 6.22. The molecule has 0 aromatic heterocycles. The number of carbonyl (C=O) groups excluding carboxylic acids is 1. The van der Waals surface area contributed by atoms with Crippen molar-refractivity contribution in [3.05, 3.63) is 34.6 Å². The van der Waals surface area contributed by atoms with Crippen LogP contribution in [0.5, 0.6) is 0 Å². The first kappa shape index (κ1) is 16.2. The van der Waals surface area contributed by atoms with Gasteiger partial charge in [-0.25, -0.2) is 4.39 Å². The Morgan fingerprint density at radius 1 is 1.62 bits per heavy atom. The minimum absolute atomic E-state index is 0.00203. The molecule has 1 aromatic carbocycles. The molecular weight excluding hydrogens is 293 g/mol. The molecule has 2 atom stereocenters. The first-order valence-corrected chi connectivity index (χ1v) is 7.61. The highest BCUT2D eigenvalue weighted by Crippen LogP contribution is 2.27. The molecule has 1 saturated heterocycles. The number of benzene rings is 1. The van der Waals surface area contributed by atoms with E-state index in [1.54, 1.807) is 12.1 Å². The van der Waals surface area contributed by atoms with Crippen LogP contribution in [-0.2, 0) is 4.79 Å². The van der Waals surface area contributed by atoms with Crippen LogP contribution in [0.1, 0.15) is 25.5 Å². The third-order valence-corrected chi connectivity index (χ3v) is 4.15. The van der Waals surface area contributed by atoms with Gasteiger partial charge in [-0.05, 0) is 31.5 Å². The Bertz CT molecular complexity index is 512. The normalized spacial score (nSPS) is 21.0. The number of nitrogens with zero attached hydrogens (tertiary/aromatic N) is 1. The molecule has 1 aliphatic heterocycles. The molecule has 1 heterocycles. The molecule has 21 heavy (non-hydrogen) atoms. The van der Waals surface area contributed by atoms with Gasteiger partial charge in [0.25, 0.3) is 0 Å². The molecule has 4 nitrogen and oxygen atoms in total. The molecule has 1 aliphatic rings. The SMILES string of the molecule is CCNC(=O)C1CNCCN1C(C)c1ccc(F)c(Cl)c1. The molecule has 1 fully saturated rings. The predicted molar refractivity (Wildman–Crippen MR) is 81.9 cm³/mol. The van der Waals surface area contributed by atoms with Crippen LogP contribution >= 0.6 is 11.6 Å². The topological polar surface area (TPSA) is 44.4 Å². The highest BCUT2D eigenvalue weighted by atomic mass is 35.5. The van der Waals surface area contributed by atoms with Crippen molar-refractivity contribution < 1.29 is 9.18 Å². The first-order chi connectivity index (χ1) is 10.0. The maximum atomic E-state index is 13.3. The number of hydrogen-bond acceptors (Lipinski definition) is 3. The van der Waals surface area contributed by atoms with Crippen LogP contribution in [0.4, 0.5) is 4.39 Å². The van der Waals surface area contributed by atoms with Gasteiger partial charge in [-0.15, -0.1) is 0 Å². The number of halogens is 2. The van der Waals surface area contributed by atoms with Crippen LogP contribution in [0.25, 0.3) is 0 Å². The lowest BCUT2D eigenvalue weighted by atomic mass is 10.0. The molecule has 2 N–H and O–H groups in total. The highest BCUT2D eigenvalue weighted by molar-refractivity contribution is 6.30. The molecule has 116 valence electrons. The van der Waals surface area contributed by atoms with Crippen molar-refractivity contribution in [1.29, 1.82) is 0 Å². The largest absolute Gasteiger partial charge is 0.355 e. The maximum Gasteiger partial charge on any atom is 0.238 e. The van der Waals surface area contributed by atoms with Crippen molar-refractivity contribution in [2.75, 3.05) is 26.2 Å². The van der Waals surface area contributed by atoms with Gasteiger partial charge in [-0.2, -0.15) is 0 Å². The van der Waals surface area contributed by atoms with E-state index < -0.39 is 5.82 Å². The monoisotopic (exact) mass is 313 g/mol. The van der Waals surface area contributed by atoms with Gasteiger partial charge >= 0.3 is 0 Å². The van der Waals surface area contributed by atoms with E-state index in [2.05, 4.69) is 15.5 Å². The van der Waals surface area contributed by atoms with Crippen molar-refractivity contribution in [1.82, 2.24) is 15.5 Å². The molecule has 1 aromatic rings. The third kappa shape index (κ3) is 3.73. The second-order valence-corrected chi connectivity index (χ2v) is 5.61. The Balaban J connectivity index is 2.19. The van der Waals surface area contributed by atoms with E-state index in [1.165, 1.54) is 6.07 Å². The lowest BCUT2D eigenvalue weighted by Gasteiger charge is -2.39. The zero-order valence-corrected chi connectivity index (χ0v) is 13.1. The van der Waals surface area contributed by atoms with E-state index >= 15 is 0 Å². The highest BCUT2D eigenvalue weighted by Gasteiger charge is 2.32. The fourth-order valence-corrected chi connectivity index (χ4v) is 2.87. The van der Waals surface area contributed by atoms with Crippen LogP contribution in [0, 0.1) is 5.82 Å². The molecule has 2 unspecified atom stereocenters. The van der Waals surface area contributed by atoms with Crippen LogP contribution in [0.15, 0.2) is 18.2 Å². The Morgan fingerprint density at radius 3 is 3.05 bits per heavy atom. The van der Waals surface area contributed by atoms with Crippen LogP contribution < -0.4 is 10.6 Å². The molecular formula is C15H21ClFN3O. The molecule has 0 aliphatic carbocycles. The summed E-state index contributed by atoms with van der Waals surface area (Å²) >= 11 is 5.86. The summed E-state index contributed by atoms with van der Waals surface area (Å²) in [5.41, 5.74) is 0.914. The summed E-state index contributed by atoms with van der Waals surface area (Å²) in [6.07, 6.45) is 0. The Kier molecular flexibility index (Phi) is 5.56. The van der Waals surface area contributed by atoms with Gasteiger partial charge in [0.15, 0.2) is 0 Å². The minimum Gasteiger partial charge on any atom is -0.355 e. The van der Waals surface area contributed by atoms with Crippen molar-refractivity contribution >= 4 is 17.5 Å². The number of hydrogen-bond donors (Lipinski definition) is 2. The van der Waals surface area contributed by atoms with E-state index in [0.717, 1.165) is 18.7 Å². The zero-order valence-electron chi connectivity index (χ0n) is 12.3. The van der Waals surface area contributed by atoms with Gasteiger partial charge in [-0.1, -0.05) is 17.7 Å². The summed E-state index contributed by atoms with van der Waals surface area (Å²) in [6, 6.07) is 4.51. The second-order valence-electron chi connectivity index (χ2n) is 5.20. The zero-order chi connectivity index (χ0) is 15.4. The van der Waals surface area contributed by atoms with Crippen LogP contribution in [0.3, 0.4) is 0 Å². The van der Waals surface area contributed by atoms with Gasteiger partial charge in [-0.3, -0.25) is 9.69 Å². The molecule has 0 spiro atoms. The summed E-state index contributed by atoms with van der Waals surface area (Å²) in [7, 11) is 0. The van der Waals surface area contributed by atoms with Gasteiger partial charge in [0.05, 0.1) is 5.02 Å².